The molecular weight excluding hydrogens is 211 g/mol. The molecule has 1 aromatic rings. The Balaban J connectivity index is 0. The van der Waals surface area contributed by atoms with E-state index in [-0.39, 0.29) is 24.8 Å². The van der Waals surface area contributed by atoms with Crippen LogP contribution in [-0.2, 0) is 6.54 Å². The predicted octanol–water partition coefficient (Wildman–Crippen LogP) is 1.65. The van der Waals surface area contributed by atoms with Gasteiger partial charge in [-0.15, -0.1) is 24.8 Å². The summed E-state index contributed by atoms with van der Waals surface area (Å²) in [7, 11) is 3.54. The van der Waals surface area contributed by atoms with Crippen LogP contribution in [0.15, 0.2) is 18.5 Å². The van der Waals surface area contributed by atoms with Crippen LogP contribution in [0.4, 0.5) is 0 Å². The molecule has 1 N–H and O–H groups in total. The van der Waals surface area contributed by atoms with Gasteiger partial charge in [-0.25, -0.2) is 0 Å². The van der Waals surface area contributed by atoms with Crippen LogP contribution in [0.1, 0.15) is 5.56 Å². The minimum atomic E-state index is 0. The number of hydrogen-bond acceptors (Lipinski definition) is 3. The molecule has 3 nitrogen and oxygen atoms in total. The fourth-order valence-corrected chi connectivity index (χ4v) is 0.876. The predicted molar refractivity (Wildman–Crippen MR) is 58.0 cm³/mol. The van der Waals surface area contributed by atoms with Crippen LogP contribution in [0, 0.1) is 0 Å². The molecule has 1 rings (SSSR count). The van der Waals surface area contributed by atoms with Gasteiger partial charge in [0.2, 0.25) is 0 Å². The molecule has 0 aliphatic heterocycles. The van der Waals surface area contributed by atoms with Gasteiger partial charge in [0.15, 0.2) is 0 Å². The van der Waals surface area contributed by atoms with Crippen molar-refractivity contribution in [3.05, 3.63) is 24.0 Å². The molecule has 0 amide bonds. The molecule has 0 aliphatic rings. The van der Waals surface area contributed by atoms with Gasteiger partial charge < -0.3 is 10.1 Å². The third-order valence-corrected chi connectivity index (χ3v) is 1.39. The summed E-state index contributed by atoms with van der Waals surface area (Å²) in [4.78, 5) is 4.01. The summed E-state index contributed by atoms with van der Waals surface area (Å²) in [6, 6.07) is 1.96. The van der Waals surface area contributed by atoms with Crippen molar-refractivity contribution >= 4 is 24.8 Å². The number of ether oxygens (including phenoxy) is 1. The zero-order chi connectivity index (χ0) is 8.10. The Bertz CT molecular complexity index is 233. The topological polar surface area (TPSA) is 34.2 Å². The van der Waals surface area contributed by atoms with Crippen molar-refractivity contribution in [1.82, 2.24) is 10.3 Å². The molecule has 0 bridgehead atoms. The molecular formula is C8H14Cl2N2O. The zero-order valence-electron chi connectivity index (χ0n) is 7.61. The molecule has 76 valence electrons. The third-order valence-electron chi connectivity index (χ3n) is 1.39. The first-order chi connectivity index (χ1) is 5.36. The van der Waals surface area contributed by atoms with Crippen molar-refractivity contribution in [1.29, 1.82) is 0 Å². The highest BCUT2D eigenvalue weighted by Gasteiger charge is 1.93. The lowest BCUT2D eigenvalue weighted by Crippen LogP contribution is -2.05. The van der Waals surface area contributed by atoms with Crippen LogP contribution in [0.3, 0.4) is 0 Å². The number of rotatable bonds is 3. The standard InChI is InChI=1S/C8H12N2O.2ClH/c1-9-4-7-3-8(11-2)6-10-5-7;;/h3,5-6,9H,4H2,1-2H3;2*1H. The summed E-state index contributed by atoms with van der Waals surface area (Å²) in [6.45, 7) is 0.824. The molecule has 0 saturated heterocycles. The number of nitrogens with zero attached hydrogens (tertiary/aromatic N) is 1. The average molecular weight is 225 g/mol. The average Bonchev–Trinajstić information content (AvgIpc) is 2.06. The normalized spacial score (nSPS) is 8.15. The summed E-state index contributed by atoms with van der Waals surface area (Å²) in [6.07, 6.45) is 3.51. The van der Waals surface area contributed by atoms with E-state index in [1.165, 1.54) is 0 Å². The summed E-state index contributed by atoms with van der Waals surface area (Å²) in [5, 5.41) is 3.04. The molecule has 0 fully saturated rings. The van der Waals surface area contributed by atoms with Gasteiger partial charge in [0.25, 0.3) is 0 Å². The molecule has 1 heterocycles. The lowest BCUT2D eigenvalue weighted by Gasteiger charge is -2.01. The van der Waals surface area contributed by atoms with Crippen molar-refractivity contribution < 1.29 is 4.74 Å². The Hall–Kier alpha value is -0.510. The largest absolute Gasteiger partial charge is 0.495 e. The lowest BCUT2D eigenvalue weighted by molar-refractivity contribution is 0.412. The highest BCUT2D eigenvalue weighted by atomic mass is 35.5. The summed E-state index contributed by atoms with van der Waals surface area (Å²) in [5.74, 6) is 0.803. The zero-order valence-corrected chi connectivity index (χ0v) is 9.24. The summed E-state index contributed by atoms with van der Waals surface area (Å²) < 4.78 is 5.01. The Morgan fingerprint density at radius 3 is 2.62 bits per heavy atom. The van der Waals surface area contributed by atoms with Crippen molar-refractivity contribution in [3.8, 4) is 5.75 Å². The first kappa shape index (κ1) is 15.0. The van der Waals surface area contributed by atoms with E-state index in [0.717, 1.165) is 17.9 Å². The Morgan fingerprint density at radius 2 is 2.08 bits per heavy atom. The molecule has 0 atom stereocenters. The fraction of sp³-hybridized carbons (Fsp3) is 0.375. The van der Waals surface area contributed by atoms with E-state index >= 15 is 0 Å². The van der Waals surface area contributed by atoms with E-state index in [0.29, 0.717) is 0 Å². The van der Waals surface area contributed by atoms with Crippen LogP contribution in [0.25, 0.3) is 0 Å². The molecule has 0 aliphatic carbocycles. The maximum Gasteiger partial charge on any atom is 0.137 e. The molecule has 0 saturated carbocycles. The first-order valence-electron chi connectivity index (χ1n) is 3.49. The fourth-order valence-electron chi connectivity index (χ4n) is 0.876. The van der Waals surface area contributed by atoms with Crippen LogP contribution in [-0.4, -0.2) is 19.1 Å². The quantitative estimate of drug-likeness (QED) is 0.849. The maximum absolute atomic E-state index is 5.01. The van der Waals surface area contributed by atoms with E-state index in [2.05, 4.69) is 10.3 Å². The number of nitrogens with one attached hydrogen (secondary N) is 1. The number of hydrogen-bond donors (Lipinski definition) is 1. The van der Waals surface area contributed by atoms with Crippen LogP contribution >= 0.6 is 24.8 Å². The van der Waals surface area contributed by atoms with Gasteiger partial charge >= 0.3 is 0 Å². The highest BCUT2D eigenvalue weighted by Crippen LogP contribution is 2.09. The Kier molecular flexibility index (Phi) is 9.34. The lowest BCUT2D eigenvalue weighted by atomic mass is 10.3. The van der Waals surface area contributed by atoms with E-state index in [1.54, 1.807) is 13.3 Å². The third kappa shape index (κ3) is 4.93. The number of halogens is 2. The van der Waals surface area contributed by atoms with Crippen LogP contribution in [0.2, 0.25) is 0 Å². The van der Waals surface area contributed by atoms with Gasteiger partial charge in [0, 0.05) is 12.7 Å². The first-order valence-corrected chi connectivity index (χ1v) is 3.49. The van der Waals surface area contributed by atoms with Gasteiger partial charge in [0.05, 0.1) is 13.3 Å². The molecule has 0 unspecified atom stereocenters. The molecule has 1 aromatic heterocycles. The van der Waals surface area contributed by atoms with Crippen molar-refractivity contribution in [2.75, 3.05) is 14.2 Å². The number of methoxy groups -OCH3 is 1. The van der Waals surface area contributed by atoms with Gasteiger partial charge in [-0.05, 0) is 18.7 Å². The minimum absolute atomic E-state index is 0. The van der Waals surface area contributed by atoms with Gasteiger partial charge in [0.1, 0.15) is 5.75 Å². The van der Waals surface area contributed by atoms with Crippen molar-refractivity contribution in [3.63, 3.8) is 0 Å². The number of pyridine rings is 1. The van der Waals surface area contributed by atoms with Gasteiger partial charge in [-0.2, -0.15) is 0 Å². The second-order valence-corrected chi connectivity index (χ2v) is 2.26. The second kappa shape index (κ2) is 8.10. The summed E-state index contributed by atoms with van der Waals surface area (Å²) in [5.41, 5.74) is 1.13. The molecule has 0 spiro atoms. The maximum atomic E-state index is 5.01. The molecule has 13 heavy (non-hydrogen) atoms. The number of aromatic nitrogens is 1. The van der Waals surface area contributed by atoms with Gasteiger partial charge in [-0.1, -0.05) is 0 Å². The van der Waals surface area contributed by atoms with Crippen molar-refractivity contribution in [2.24, 2.45) is 0 Å². The summed E-state index contributed by atoms with van der Waals surface area (Å²) >= 11 is 0. The van der Waals surface area contributed by atoms with E-state index < -0.39 is 0 Å². The smallest absolute Gasteiger partial charge is 0.137 e. The molecule has 0 radical (unpaired) electrons. The monoisotopic (exact) mass is 224 g/mol. The Morgan fingerprint density at radius 1 is 1.38 bits per heavy atom. The van der Waals surface area contributed by atoms with Crippen molar-refractivity contribution in [2.45, 2.75) is 6.54 Å². The molecule has 5 heteroatoms. The second-order valence-electron chi connectivity index (χ2n) is 2.26. The van der Waals surface area contributed by atoms with E-state index in [4.69, 9.17) is 4.74 Å². The van der Waals surface area contributed by atoms with Crippen LogP contribution in [0.5, 0.6) is 5.75 Å². The highest BCUT2D eigenvalue weighted by molar-refractivity contribution is 5.85. The molecule has 0 aromatic carbocycles. The Labute approximate surface area is 90.7 Å². The van der Waals surface area contributed by atoms with Crippen LogP contribution < -0.4 is 10.1 Å². The van der Waals surface area contributed by atoms with Gasteiger partial charge in [-0.3, -0.25) is 4.98 Å². The minimum Gasteiger partial charge on any atom is -0.495 e. The SMILES string of the molecule is CNCc1cncc(OC)c1.Cl.Cl. The van der Waals surface area contributed by atoms with E-state index in [1.807, 2.05) is 19.3 Å². The van der Waals surface area contributed by atoms with E-state index in [9.17, 15) is 0 Å².